The van der Waals surface area contributed by atoms with Gasteiger partial charge in [-0.15, -0.1) is 29.9 Å². The Bertz CT molecular complexity index is 692. The first-order valence-electron chi connectivity index (χ1n) is 6.04. The fourth-order valence-electron chi connectivity index (χ4n) is 1.42. The van der Waals surface area contributed by atoms with Crippen molar-refractivity contribution in [1.82, 2.24) is 15.0 Å². The molecule has 2 rings (SSSR count). The first-order valence-corrected chi connectivity index (χ1v) is 6.04. The summed E-state index contributed by atoms with van der Waals surface area (Å²) in [5.74, 6) is -1.23. The number of halogens is 2. The average Bonchev–Trinajstić information content (AvgIpc) is 2.80. The second-order valence-electron chi connectivity index (χ2n) is 4.06. The third-order valence-corrected chi connectivity index (χ3v) is 2.20. The van der Waals surface area contributed by atoms with Crippen LogP contribution in [0.25, 0.3) is 5.69 Å². The van der Waals surface area contributed by atoms with E-state index >= 15 is 0 Å². The van der Waals surface area contributed by atoms with Crippen LogP contribution in [0.5, 0.6) is 0 Å². The fourth-order valence-corrected chi connectivity index (χ4v) is 1.42. The number of hydrogen-bond acceptors (Lipinski definition) is 4. The van der Waals surface area contributed by atoms with Gasteiger partial charge in [0.05, 0.1) is 11.4 Å². The number of rotatable bonds is 2. The van der Waals surface area contributed by atoms with Crippen LogP contribution in [-0.4, -0.2) is 32.8 Å². The number of nitrogens with zero attached hydrogens (tertiary/aromatic N) is 4. The van der Waals surface area contributed by atoms with Crippen LogP contribution in [0.4, 0.5) is 0 Å². The highest BCUT2D eigenvalue weighted by Crippen LogP contribution is 2.08. The van der Waals surface area contributed by atoms with E-state index in [0.29, 0.717) is 5.69 Å². The third kappa shape index (κ3) is 7.42. The molecular weight excluding hydrogens is 357 g/mol. The van der Waals surface area contributed by atoms with Gasteiger partial charge in [-0.1, -0.05) is 18.2 Å². The summed E-state index contributed by atoms with van der Waals surface area (Å²) in [7, 11) is 0. The smallest absolute Gasteiger partial charge is 0.302 e. The molecule has 1 aromatic heterocycles. The van der Waals surface area contributed by atoms with Gasteiger partial charge >= 0.3 is 5.91 Å². The third-order valence-electron chi connectivity index (χ3n) is 2.20. The minimum atomic E-state index is -0.602. The minimum Gasteiger partial charge on any atom is -0.370 e. The maximum absolute atomic E-state index is 11.7. The highest BCUT2D eigenvalue weighted by atomic mass is 35.5. The van der Waals surface area contributed by atoms with E-state index in [9.17, 15) is 4.79 Å². The number of benzene rings is 1. The van der Waals surface area contributed by atoms with Crippen molar-refractivity contribution >= 4 is 42.6 Å². The van der Waals surface area contributed by atoms with Crippen molar-refractivity contribution in [3.05, 3.63) is 41.7 Å². The van der Waals surface area contributed by atoms with Gasteiger partial charge in [0.1, 0.15) is 0 Å². The van der Waals surface area contributed by atoms with Crippen LogP contribution in [0.15, 0.2) is 35.3 Å². The molecule has 12 heteroatoms. The molecule has 2 aromatic rings. The maximum atomic E-state index is 11.7. The van der Waals surface area contributed by atoms with Crippen LogP contribution < -0.4 is 22.9 Å². The van der Waals surface area contributed by atoms with Crippen molar-refractivity contribution < 1.29 is 4.79 Å². The van der Waals surface area contributed by atoms with Crippen LogP contribution in [0, 0.1) is 12.3 Å². The predicted molar refractivity (Wildman–Crippen MR) is 96.8 cm³/mol. The Morgan fingerprint density at radius 2 is 1.58 bits per heavy atom. The van der Waals surface area contributed by atoms with E-state index in [1.54, 1.807) is 6.92 Å². The van der Waals surface area contributed by atoms with E-state index < -0.39 is 5.91 Å². The van der Waals surface area contributed by atoms with E-state index in [-0.39, 0.29) is 42.4 Å². The maximum Gasteiger partial charge on any atom is 0.302 e. The molecule has 0 aliphatic rings. The number of para-hydroxylation sites is 1. The van der Waals surface area contributed by atoms with E-state index in [2.05, 4.69) is 26.7 Å². The van der Waals surface area contributed by atoms with Crippen molar-refractivity contribution in [3.8, 4) is 5.69 Å². The number of aliphatic imine (C=N–C) groups is 1. The molecule has 0 saturated heterocycles. The fraction of sp³-hybridized carbons (Fsp3) is 0.0833. The lowest BCUT2D eigenvalue weighted by atomic mass is 10.3. The van der Waals surface area contributed by atoms with Gasteiger partial charge in [-0.2, -0.15) is 14.9 Å². The van der Waals surface area contributed by atoms with Crippen molar-refractivity contribution in [2.24, 2.45) is 27.9 Å². The van der Waals surface area contributed by atoms with E-state index in [1.165, 1.54) is 4.80 Å². The zero-order chi connectivity index (χ0) is 16.7. The Morgan fingerprint density at radius 3 is 2.04 bits per heavy atom. The average molecular weight is 376 g/mol. The zero-order valence-corrected chi connectivity index (χ0v) is 14.3. The summed E-state index contributed by atoms with van der Waals surface area (Å²) in [6.45, 7) is 1.67. The normalized spacial score (nSPS) is 8.54. The quantitative estimate of drug-likeness (QED) is 0.350. The van der Waals surface area contributed by atoms with Gasteiger partial charge in [0.15, 0.2) is 17.6 Å². The summed E-state index contributed by atoms with van der Waals surface area (Å²) in [5.41, 5.74) is 20.6. The van der Waals surface area contributed by atoms with Crippen LogP contribution in [0.2, 0.25) is 0 Å². The van der Waals surface area contributed by atoms with Gasteiger partial charge in [0.2, 0.25) is 0 Å². The molecule has 0 saturated carbocycles. The SMILES string of the molecule is Cc1nn(-c2ccccc2)nc1C(=O)N=C(N)N.Cl.Cl.N=C(N)N. The number of carbonyl (C=O) groups excluding carboxylic acids is 1. The number of aryl methyl sites for hydroxylation is 1. The molecular formula is C12H19Cl2N9O. The van der Waals surface area contributed by atoms with Gasteiger partial charge in [-0.25, -0.2) is 0 Å². The Morgan fingerprint density at radius 1 is 1.08 bits per heavy atom. The summed E-state index contributed by atoms with van der Waals surface area (Å²) >= 11 is 0. The zero-order valence-electron chi connectivity index (χ0n) is 12.7. The van der Waals surface area contributed by atoms with E-state index in [1.807, 2.05) is 30.3 Å². The van der Waals surface area contributed by atoms with Gasteiger partial charge in [-0.3, -0.25) is 10.2 Å². The number of hydrogen-bond donors (Lipinski definition) is 5. The number of amides is 1. The molecule has 0 aliphatic carbocycles. The molecule has 0 fully saturated rings. The first-order chi connectivity index (χ1) is 10.3. The largest absolute Gasteiger partial charge is 0.370 e. The molecule has 24 heavy (non-hydrogen) atoms. The molecule has 1 heterocycles. The molecule has 0 atom stereocenters. The lowest BCUT2D eigenvalue weighted by Gasteiger charge is -1.96. The summed E-state index contributed by atoms with van der Waals surface area (Å²) in [4.78, 5) is 16.5. The monoisotopic (exact) mass is 375 g/mol. The molecule has 10 nitrogen and oxygen atoms in total. The second-order valence-corrected chi connectivity index (χ2v) is 4.06. The number of nitrogens with two attached hydrogens (primary N) is 4. The molecule has 0 bridgehead atoms. The van der Waals surface area contributed by atoms with Crippen LogP contribution in [-0.2, 0) is 0 Å². The summed E-state index contributed by atoms with van der Waals surface area (Å²) in [6.07, 6.45) is 0. The Hall–Kier alpha value is -2.85. The van der Waals surface area contributed by atoms with Gasteiger partial charge in [0, 0.05) is 0 Å². The predicted octanol–water partition coefficient (Wildman–Crippen LogP) is -0.329. The van der Waals surface area contributed by atoms with Crippen molar-refractivity contribution in [2.45, 2.75) is 6.92 Å². The molecule has 1 amide bonds. The molecule has 0 unspecified atom stereocenters. The topological polar surface area (TPSA) is 188 Å². The summed E-state index contributed by atoms with van der Waals surface area (Å²) in [6, 6.07) is 9.24. The van der Waals surface area contributed by atoms with Gasteiger partial charge in [-0.05, 0) is 19.1 Å². The number of aromatic nitrogens is 3. The van der Waals surface area contributed by atoms with Gasteiger partial charge in [0.25, 0.3) is 0 Å². The minimum absolute atomic E-state index is 0. The summed E-state index contributed by atoms with van der Waals surface area (Å²) < 4.78 is 0. The number of carbonyl (C=O) groups is 1. The Kier molecular flexibility index (Phi) is 10.5. The Balaban J connectivity index is 0. The molecule has 0 aliphatic heterocycles. The van der Waals surface area contributed by atoms with E-state index in [4.69, 9.17) is 16.9 Å². The molecule has 0 spiro atoms. The highest BCUT2D eigenvalue weighted by Gasteiger charge is 2.15. The summed E-state index contributed by atoms with van der Waals surface area (Å²) in [5, 5.41) is 14.3. The molecule has 0 radical (unpaired) electrons. The van der Waals surface area contributed by atoms with Crippen LogP contribution in [0.3, 0.4) is 0 Å². The standard InChI is InChI=1S/C11H12N6O.CH5N3.2ClH/c1-7-9(10(18)14-11(12)13)16-17(15-7)8-5-3-2-4-6-8;2-1(3)4;;/h2-6H,1H3,(H4,12,13,14,18);(H5,2,3,4);2*1H. The number of nitrogens with one attached hydrogen (secondary N) is 1. The van der Waals surface area contributed by atoms with Crippen LogP contribution >= 0.6 is 24.8 Å². The molecule has 9 N–H and O–H groups in total. The van der Waals surface area contributed by atoms with Crippen LogP contribution in [0.1, 0.15) is 16.2 Å². The van der Waals surface area contributed by atoms with E-state index in [0.717, 1.165) is 5.69 Å². The lowest BCUT2D eigenvalue weighted by Crippen LogP contribution is -2.24. The highest BCUT2D eigenvalue weighted by molar-refractivity contribution is 6.01. The van der Waals surface area contributed by atoms with Gasteiger partial charge < -0.3 is 22.9 Å². The molecule has 1 aromatic carbocycles. The second kappa shape index (κ2) is 10.8. The lowest BCUT2D eigenvalue weighted by molar-refractivity contribution is 0.0997. The first kappa shape index (κ1) is 23.4. The van der Waals surface area contributed by atoms with Crippen molar-refractivity contribution in [3.63, 3.8) is 0 Å². The molecule has 132 valence electrons. The Labute approximate surface area is 150 Å². The van der Waals surface area contributed by atoms with Crippen molar-refractivity contribution in [2.75, 3.05) is 0 Å². The van der Waals surface area contributed by atoms with Crippen molar-refractivity contribution in [1.29, 1.82) is 5.41 Å². The number of guanidine groups is 2.